The Morgan fingerprint density at radius 3 is 2.62 bits per heavy atom. The minimum absolute atomic E-state index is 0.114. The van der Waals surface area contributed by atoms with Crippen molar-refractivity contribution in [1.82, 2.24) is 9.47 Å². The van der Waals surface area contributed by atoms with E-state index in [1.807, 2.05) is 0 Å². The van der Waals surface area contributed by atoms with Crippen LogP contribution in [0.25, 0.3) is 0 Å². The van der Waals surface area contributed by atoms with Gasteiger partial charge in [0.2, 0.25) is 0 Å². The number of hydrogen-bond donors (Lipinski definition) is 1. The molecule has 1 aliphatic rings. The van der Waals surface area contributed by atoms with Crippen molar-refractivity contribution >= 4 is 11.9 Å². The molecule has 0 bridgehead atoms. The number of alkyl halides is 2. The molecule has 0 atom stereocenters. The molecule has 1 saturated carbocycles. The van der Waals surface area contributed by atoms with Crippen LogP contribution in [0, 0.1) is 0 Å². The topological polar surface area (TPSA) is 62.5 Å². The van der Waals surface area contributed by atoms with Crippen molar-refractivity contribution < 1.29 is 23.5 Å². The van der Waals surface area contributed by atoms with Crippen molar-refractivity contribution in [1.29, 1.82) is 0 Å². The van der Waals surface area contributed by atoms with Gasteiger partial charge in [-0.1, -0.05) is 12.8 Å². The molecule has 0 aliphatic heterocycles. The monoisotopic (exact) mass is 300 g/mol. The molecular weight excluding hydrogens is 282 g/mol. The van der Waals surface area contributed by atoms with E-state index >= 15 is 0 Å². The second-order valence-electron chi connectivity index (χ2n) is 5.20. The zero-order valence-electron chi connectivity index (χ0n) is 11.5. The molecule has 0 aromatic carbocycles. The highest BCUT2D eigenvalue weighted by molar-refractivity contribution is 5.94. The van der Waals surface area contributed by atoms with E-state index in [1.165, 1.54) is 27.8 Å². The van der Waals surface area contributed by atoms with E-state index in [0.29, 0.717) is 0 Å². The number of rotatable bonds is 6. The van der Waals surface area contributed by atoms with Gasteiger partial charge < -0.3 is 14.6 Å². The van der Waals surface area contributed by atoms with Crippen molar-refractivity contribution in [3.63, 3.8) is 0 Å². The average Bonchev–Trinajstić information content (AvgIpc) is 3.05. The fourth-order valence-corrected chi connectivity index (χ4v) is 2.79. The number of halogens is 2. The first-order valence-corrected chi connectivity index (χ1v) is 6.95. The SMILES string of the molecule is O=C(O)CN(C(=O)c1cccn1CC(F)F)C1CCCC1. The standard InChI is InChI=1S/C14H18F2N2O3/c15-12(16)8-17-7-3-6-11(17)14(21)18(9-13(19)20)10-4-1-2-5-10/h3,6-7,10,12H,1-2,4-5,8-9H2,(H,19,20). The van der Waals surface area contributed by atoms with Crippen molar-refractivity contribution in [2.24, 2.45) is 0 Å². The summed E-state index contributed by atoms with van der Waals surface area (Å²) in [6, 6.07) is 2.85. The van der Waals surface area contributed by atoms with Crippen LogP contribution < -0.4 is 0 Å². The van der Waals surface area contributed by atoms with Crippen LogP contribution in [0.5, 0.6) is 0 Å². The summed E-state index contributed by atoms with van der Waals surface area (Å²) in [4.78, 5) is 24.8. The molecule has 1 aliphatic carbocycles. The molecule has 1 N–H and O–H groups in total. The molecule has 1 amide bonds. The van der Waals surface area contributed by atoms with Gasteiger partial charge in [-0.2, -0.15) is 0 Å². The van der Waals surface area contributed by atoms with Crippen LogP contribution in [-0.2, 0) is 11.3 Å². The number of nitrogens with zero attached hydrogens (tertiary/aromatic N) is 2. The van der Waals surface area contributed by atoms with Crippen molar-refractivity contribution in [2.75, 3.05) is 6.54 Å². The second kappa shape index (κ2) is 6.69. The lowest BCUT2D eigenvalue weighted by Gasteiger charge is -2.27. The van der Waals surface area contributed by atoms with Gasteiger partial charge in [-0.15, -0.1) is 0 Å². The number of carbonyl (C=O) groups excluding carboxylic acids is 1. The van der Waals surface area contributed by atoms with Crippen LogP contribution >= 0.6 is 0 Å². The Labute approximate surface area is 121 Å². The van der Waals surface area contributed by atoms with Crippen molar-refractivity contribution in [2.45, 2.75) is 44.7 Å². The van der Waals surface area contributed by atoms with Crippen LogP contribution in [0.3, 0.4) is 0 Å². The Morgan fingerprint density at radius 1 is 1.38 bits per heavy atom. The molecule has 5 nitrogen and oxygen atoms in total. The van der Waals surface area contributed by atoms with E-state index in [0.717, 1.165) is 25.7 Å². The van der Waals surface area contributed by atoms with Crippen LogP contribution in [0.1, 0.15) is 36.2 Å². The van der Waals surface area contributed by atoms with Crippen LogP contribution in [0.2, 0.25) is 0 Å². The van der Waals surface area contributed by atoms with Crippen molar-refractivity contribution in [3.05, 3.63) is 24.0 Å². The molecule has 7 heteroatoms. The first-order valence-electron chi connectivity index (χ1n) is 6.95. The van der Waals surface area contributed by atoms with E-state index < -0.39 is 31.4 Å². The summed E-state index contributed by atoms with van der Waals surface area (Å²) >= 11 is 0. The normalized spacial score (nSPS) is 15.6. The molecule has 21 heavy (non-hydrogen) atoms. The van der Waals surface area contributed by atoms with Gasteiger partial charge in [0.1, 0.15) is 12.2 Å². The summed E-state index contributed by atoms with van der Waals surface area (Å²) in [5, 5.41) is 8.98. The molecule has 1 heterocycles. The van der Waals surface area contributed by atoms with Crippen LogP contribution in [0.4, 0.5) is 8.78 Å². The van der Waals surface area contributed by atoms with Crippen LogP contribution in [0.15, 0.2) is 18.3 Å². The Morgan fingerprint density at radius 2 is 2.05 bits per heavy atom. The second-order valence-corrected chi connectivity index (χ2v) is 5.20. The lowest BCUT2D eigenvalue weighted by atomic mass is 10.2. The summed E-state index contributed by atoms with van der Waals surface area (Å²) in [6.07, 6.45) is 2.26. The summed E-state index contributed by atoms with van der Waals surface area (Å²) in [5.41, 5.74) is 0.114. The number of aliphatic carboxylic acids is 1. The van der Waals surface area contributed by atoms with Gasteiger partial charge in [0.05, 0.1) is 6.54 Å². The highest BCUT2D eigenvalue weighted by atomic mass is 19.3. The predicted octanol–water partition coefficient (Wildman–Crippen LogP) is 2.22. The summed E-state index contributed by atoms with van der Waals surface area (Å²) in [6.45, 7) is -0.969. The quantitative estimate of drug-likeness (QED) is 0.876. The Bertz CT molecular complexity index is 510. The number of aromatic nitrogens is 1. The predicted molar refractivity (Wildman–Crippen MR) is 71.4 cm³/mol. The molecule has 116 valence electrons. The molecular formula is C14H18F2N2O3. The maximum Gasteiger partial charge on any atom is 0.323 e. The van der Waals surface area contributed by atoms with Gasteiger partial charge in [0.15, 0.2) is 0 Å². The number of hydrogen-bond acceptors (Lipinski definition) is 2. The first kappa shape index (κ1) is 15.5. The maximum atomic E-state index is 12.5. The van der Waals surface area contributed by atoms with E-state index in [1.54, 1.807) is 0 Å². The Hall–Kier alpha value is -1.92. The minimum Gasteiger partial charge on any atom is -0.480 e. The van der Waals surface area contributed by atoms with Gasteiger partial charge in [0, 0.05) is 12.2 Å². The number of carboxylic acids is 1. The van der Waals surface area contributed by atoms with E-state index in [4.69, 9.17) is 5.11 Å². The molecule has 1 aromatic heterocycles. The first-order chi connectivity index (χ1) is 9.99. The number of carbonyl (C=O) groups is 2. The lowest BCUT2D eigenvalue weighted by Crippen LogP contribution is -2.43. The largest absolute Gasteiger partial charge is 0.480 e. The third-order valence-corrected chi connectivity index (χ3v) is 3.72. The molecule has 1 aromatic rings. The highest BCUT2D eigenvalue weighted by Crippen LogP contribution is 2.25. The molecule has 0 spiro atoms. The lowest BCUT2D eigenvalue weighted by molar-refractivity contribution is -0.138. The fraction of sp³-hybridized carbons (Fsp3) is 0.571. The molecule has 0 saturated heterocycles. The van der Waals surface area contributed by atoms with Gasteiger partial charge in [-0.3, -0.25) is 9.59 Å². The third kappa shape index (κ3) is 3.80. The summed E-state index contributed by atoms with van der Waals surface area (Å²) < 4.78 is 26.2. The van der Waals surface area contributed by atoms with E-state index in [9.17, 15) is 18.4 Å². The minimum atomic E-state index is -2.57. The number of carboxylic acid groups (broad SMARTS) is 1. The Kier molecular flexibility index (Phi) is 4.93. The molecule has 0 unspecified atom stereocenters. The fourth-order valence-electron chi connectivity index (χ4n) is 2.79. The molecule has 2 rings (SSSR count). The van der Waals surface area contributed by atoms with E-state index in [2.05, 4.69) is 0 Å². The van der Waals surface area contributed by atoms with Crippen LogP contribution in [-0.4, -0.2) is 45.5 Å². The zero-order chi connectivity index (χ0) is 15.4. The molecule has 1 fully saturated rings. The molecule has 0 radical (unpaired) electrons. The Balaban J connectivity index is 2.21. The van der Waals surface area contributed by atoms with Gasteiger partial charge in [0.25, 0.3) is 12.3 Å². The third-order valence-electron chi connectivity index (χ3n) is 3.72. The summed E-state index contributed by atoms with van der Waals surface area (Å²) in [5.74, 6) is -1.59. The maximum absolute atomic E-state index is 12.5. The number of amides is 1. The highest BCUT2D eigenvalue weighted by Gasteiger charge is 2.30. The van der Waals surface area contributed by atoms with Gasteiger partial charge in [-0.25, -0.2) is 8.78 Å². The van der Waals surface area contributed by atoms with Gasteiger partial charge in [-0.05, 0) is 25.0 Å². The van der Waals surface area contributed by atoms with Gasteiger partial charge >= 0.3 is 5.97 Å². The summed E-state index contributed by atoms with van der Waals surface area (Å²) in [7, 11) is 0. The average molecular weight is 300 g/mol. The smallest absolute Gasteiger partial charge is 0.323 e. The van der Waals surface area contributed by atoms with E-state index in [-0.39, 0.29) is 11.7 Å². The zero-order valence-corrected chi connectivity index (χ0v) is 11.5. The van der Waals surface area contributed by atoms with Crippen molar-refractivity contribution in [3.8, 4) is 0 Å².